The molecule has 0 unspecified atom stereocenters. The number of hydrogen-bond acceptors (Lipinski definition) is 8. The van der Waals surface area contributed by atoms with Crippen LogP contribution in [-0.2, 0) is 0 Å². The average Bonchev–Trinajstić information content (AvgIpc) is 3.79. The molecule has 0 fully saturated rings. The lowest BCUT2D eigenvalue weighted by Gasteiger charge is -2.08. The molecular formula is C37H42N6S2. The van der Waals surface area contributed by atoms with E-state index < -0.39 is 0 Å². The van der Waals surface area contributed by atoms with Gasteiger partial charge in [0.1, 0.15) is 6.33 Å². The predicted octanol–water partition coefficient (Wildman–Crippen LogP) is 10.7. The molecule has 0 bridgehead atoms. The summed E-state index contributed by atoms with van der Waals surface area (Å²) in [6, 6.07) is 27.3. The highest BCUT2D eigenvalue weighted by molar-refractivity contribution is 7.19. The smallest absolute Gasteiger partial charge is 0.183 e. The Morgan fingerprint density at radius 1 is 0.578 bits per heavy atom. The number of nitrogens with zero attached hydrogens (tertiary/aromatic N) is 4. The van der Waals surface area contributed by atoms with Crippen molar-refractivity contribution in [3.05, 3.63) is 109 Å². The monoisotopic (exact) mass is 634 g/mol. The Morgan fingerprint density at radius 3 is 1.78 bits per heavy atom. The van der Waals surface area contributed by atoms with Crippen molar-refractivity contribution in [2.24, 2.45) is 0 Å². The van der Waals surface area contributed by atoms with Gasteiger partial charge in [0, 0.05) is 42.8 Å². The first-order valence-corrected chi connectivity index (χ1v) is 17.2. The van der Waals surface area contributed by atoms with Crippen molar-refractivity contribution in [2.75, 3.05) is 23.7 Å². The molecule has 3 heterocycles. The summed E-state index contributed by atoms with van der Waals surface area (Å²) < 4.78 is 0. The first-order valence-electron chi connectivity index (χ1n) is 15.6. The third kappa shape index (κ3) is 9.06. The Labute approximate surface area is 275 Å². The second-order valence-electron chi connectivity index (χ2n) is 9.92. The summed E-state index contributed by atoms with van der Waals surface area (Å²) >= 11 is 3.34. The molecule has 0 spiro atoms. The molecule has 0 aliphatic heterocycles. The topological polar surface area (TPSA) is 75.6 Å². The van der Waals surface area contributed by atoms with Gasteiger partial charge in [-0.2, -0.15) is 0 Å². The minimum atomic E-state index is 0.932. The largest absolute Gasteiger partial charge is 0.362 e. The van der Waals surface area contributed by atoms with Crippen LogP contribution in [-0.4, -0.2) is 33.0 Å². The van der Waals surface area contributed by atoms with E-state index in [1.54, 1.807) is 29.0 Å². The number of anilines is 2. The number of benzene rings is 3. The molecule has 0 aliphatic rings. The third-order valence-electron chi connectivity index (χ3n) is 6.72. The van der Waals surface area contributed by atoms with Crippen LogP contribution in [0.4, 0.5) is 10.3 Å². The summed E-state index contributed by atoms with van der Waals surface area (Å²) in [6.45, 7) is 12.3. The molecule has 6 nitrogen and oxygen atoms in total. The number of hydrogen-bond donors (Lipinski definition) is 2. The fourth-order valence-corrected chi connectivity index (χ4v) is 6.31. The van der Waals surface area contributed by atoms with Gasteiger partial charge in [0.15, 0.2) is 10.3 Å². The van der Waals surface area contributed by atoms with E-state index in [2.05, 4.69) is 112 Å². The van der Waals surface area contributed by atoms with E-state index in [-0.39, 0.29) is 0 Å². The van der Waals surface area contributed by atoms with Crippen LogP contribution in [0, 0.1) is 6.92 Å². The Hall–Kier alpha value is -4.40. The summed E-state index contributed by atoms with van der Waals surface area (Å²) in [6.07, 6.45) is 9.50. The minimum Gasteiger partial charge on any atom is -0.362 e. The van der Waals surface area contributed by atoms with Gasteiger partial charge in [-0.05, 0) is 42.0 Å². The van der Waals surface area contributed by atoms with E-state index >= 15 is 0 Å². The number of thiazole rings is 2. The summed E-state index contributed by atoms with van der Waals surface area (Å²) in [7, 11) is 0. The molecule has 6 rings (SSSR count). The molecule has 0 amide bonds. The highest BCUT2D eigenvalue weighted by Gasteiger charge is 2.14. The highest BCUT2D eigenvalue weighted by atomic mass is 32.1. The van der Waals surface area contributed by atoms with Crippen LogP contribution in [0.15, 0.2) is 104 Å². The van der Waals surface area contributed by atoms with Gasteiger partial charge in [-0.1, -0.05) is 129 Å². The molecule has 2 N–H and O–H groups in total. The molecule has 45 heavy (non-hydrogen) atoms. The van der Waals surface area contributed by atoms with Crippen LogP contribution in [0.25, 0.3) is 43.3 Å². The van der Waals surface area contributed by atoms with Gasteiger partial charge >= 0.3 is 0 Å². The van der Waals surface area contributed by atoms with Gasteiger partial charge in [-0.25, -0.2) is 19.9 Å². The van der Waals surface area contributed by atoms with E-state index in [9.17, 15) is 0 Å². The molecular weight excluding hydrogens is 593 g/mol. The maximum Gasteiger partial charge on any atom is 0.183 e. The number of aryl methyl sites for hydroxylation is 1. The molecule has 3 aromatic heterocycles. The number of nitrogens with one attached hydrogen (secondary N) is 2. The first-order chi connectivity index (χ1) is 22.2. The summed E-state index contributed by atoms with van der Waals surface area (Å²) in [5.41, 5.74) is 8.10. The van der Waals surface area contributed by atoms with E-state index in [4.69, 9.17) is 0 Å². The van der Waals surface area contributed by atoms with Gasteiger partial charge < -0.3 is 10.6 Å². The van der Waals surface area contributed by atoms with E-state index in [1.807, 2.05) is 50.6 Å². The quantitative estimate of drug-likeness (QED) is 0.156. The van der Waals surface area contributed by atoms with Crippen molar-refractivity contribution in [1.29, 1.82) is 0 Å². The summed E-state index contributed by atoms with van der Waals surface area (Å²) in [5.74, 6) is 0. The number of rotatable bonds is 10. The minimum absolute atomic E-state index is 0.932. The maximum absolute atomic E-state index is 4.49. The Morgan fingerprint density at radius 2 is 1.13 bits per heavy atom. The Bertz CT molecular complexity index is 1730. The summed E-state index contributed by atoms with van der Waals surface area (Å²) in [4.78, 5) is 19.9. The van der Waals surface area contributed by atoms with Crippen LogP contribution in [0.2, 0.25) is 0 Å². The SMILES string of the molecule is CC.CCCNc1ncc(-c2ccccc2-c2ccccc2)s1.CCCNc1ncc(-c2ncncc2-c2ccccc2C)s1. The van der Waals surface area contributed by atoms with Crippen molar-refractivity contribution in [3.8, 4) is 43.3 Å². The Kier molecular flexibility index (Phi) is 13.2. The van der Waals surface area contributed by atoms with Gasteiger partial charge in [0.05, 0.1) is 15.4 Å². The van der Waals surface area contributed by atoms with Crippen molar-refractivity contribution in [2.45, 2.75) is 47.5 Å². The van der Waals surface area contributed by atoms with E-state index in [1.165, 1.54) is 27.1 Å². The fourth-order valence-electron chi connectivity index (χ4n) is 4.58. The molecule has 6 aromatic rings. The van der Waals surface area contributed by atoms with E-state index in [0.717, 1.165) is 57.9 Å². The second-order valence-corrected chi connectivity index (χ2v) is 12.0. The van der Waals surface area contributed by atoms with Gasteiger partial charge in [0.2, 0.25) is 0 Å². The number of aromatic nitrogens is 4. The van der Waals surface area contributed by atoms with Gasteiger partial charge in [-0.15, -0.1) is 0 Å². The van der Waals surface area contributed by atoms with Crippen molar-refractivity contribution >= 4 is 32.9 Å². The zero-order valence-corrected chi connectivity index (χ0v) is 28.4. The van der Waals surface area contributed by atoms with Crippen molar-refractivity contribution in [3.63, 3.8) is 0 Å². The first kappa shape index (κ1) is 33.5. The van der Waals surface area contributed by atoms with Crippen molar-refractivity contribution in [1.82, 2.24) is 19.9 Å². The van der Waals surface area contributed by atoms with Crippen LogP contribution in [0.5, 0.6) is 0 Å². The predicted molar refractivity (Wildman–Crippen MR) is 195 cm³/mol. The molecule has 0 aliphatic carbocycles. The van der Waals surface area contributed by atoms with Crippen LogP contribution in [0.1, 0.15) is 46.1 Å². The standard InChI is InChI=1S/C18H18N2S.C17H18N4S.C2H6/c1-2-12-19-18-20-13-17(21-18)16-11-7-6-10-15(16)14-8-4-3-5-9-14;1-3-8-19-17-20-10-15(22-17)16-14(9-18-11-21-16)13-7-5-4-6-12(13)2;1-2/h3-11,13H,2,12H2,1H3,(H,19,20);4-7,9-11H,3,8H2,1-2H3,(H,19,20);1-2H3. The normalized spacial score (nSPS) is 10.2. The van der Waals surface area contributed by atoms with Crippen LogP contribution < -0.4 is 10.6 Å². The average molecular weight is 635 g/mol. The fraction of sp³-hybridized carbons (Fsp3) is 0.243. The molecule has 0 saturated heterocycles. The van der Waals surface area contributed by atoms with Crippen LogP contribution >= 0.6 is 22.7 Å². The van der Waals surface area contributed by atoms with Crippen molar-refractivity contribution < 1.29 is 0 Å². The van der Waals surface area contributed by atoms with E-state index in [0.29, 0.717) is 0 Å². The van der Waals surface area contributed by atoms with Crippen LogP contribution in [0.3, 0.4) is 0 Å². The molecule has 3 aromatic carbocycles. The summed E-state index contributed by atoms with van der Waals surface area (Å²) in [5, 5.41) is 8.60. The molecule has 0 atom stereocenters. The molecule has 0 saturated carbocycles. The molecule has 0 radical (unpaired) electrons. The lowest BCUT2D eigenvalue weighted by molar-refractivity contribution is 0.976. The highest BCUT2D eigenvalue weighted by Crippen LogP contribution is 2.37. The maximum atomic E-state index is 4.49. The third-order valence-corrected chi connectivity index (χ3v) is 8.67. The van der Waals surface area contributed by atoms with Gasteiger partial charge in [-0.3, -0.25) is 0 Å². The van der Waals surface area contributed by atoms with Gasteiger partial charge in [0.25, 0.3) is 0 Å². The zero-order chi connectivity index (χ0) is 31.9. The Balaban J connectivity index is 0.000000194. The lowest BCUT2D eigenvalue weighted by atomic mass is 9.99. The second kappa shape index (κ2) is 17.8. The zero-order valence-electron chi connectivity index (χ0n) is 26.7. The molecule has 232 valence electrons. The lowest BCUT2D eigenvalue weighted by Crippen LogP contribution is -1.97. The molecule has 8 heteroatoms.